The number of esters is 1. The van der Waals surface area contributed by atoms with Gasteiger partial charge >= 0.3 is 5.97 Å². The van der Waals surface area contributed by atoms with Crippen molar-refractivity contribution in [1.82, 2.24) is 5.32 Å². The summed E-state index contributed by atoms with van der Waals surface area (Å²) in [5.41, 5.74) is 0. The van der Waals surface area contributed by atoms with E-state index in [0.717, 1.165) is 57.8 Å². The number of unbranched alkanes of at least 4 members (excludes halogenated alkanes) is 42. The van der Waals surface area contributed by atoms with E-state index in [1.807, 2.05) is 6.08 Å². The van der Waals surface area contributed by atoms with Crippen molar-refractivity contribution < 1.29 is 49.3 Å². The van der Waals surface area contributed by atoms with Crippen molar-refractivity contribution in [3.05, 3.63) is 24.3 Å². The Morgan fingerprint density at radius 2 is 0.846 bits per heavy atom. The van der Waals surface area contributed by atoms with Crippen molar-refractivity contribution in [2.75, 3.05) is 13.2 Å². The first-order valence-electron chi connectivity index (χ1n) is 33.6. The summed E-state index contributed by atoms with van der Waals surface area (Å²) in [6.07, 6.45) is 55.0. The minimum Gasteiger partial charge on any atom is -0.454 e. The Morgan fingerprint density at radius 3 is 1.24 bits per heavy atom. The number of aliphatic hydroxyl groups excluding tert-OH is 5. The normalized spacial score (nSPS) is 19.0. The van der Waals surface area contributed by atoms with Crippen molar-refractivity contribution in [3.8, 4) is 0 Å². The van der Waals surface area contributed by atoms with Gasteiger partial charge in [0.15, 0.2) is 12.4 Å². The summed E-state index contributed by atoms with van der Waals surface area (Å²) < 4.78 is 17.7. The van der Waals surface area contributed by atoms with Gasteiger partial charge in [-0.05, 0) is 51.4 Å². The highest BCUT2D eigenvalue weighted by Gasteiger charge is 2.47. The standard InChI is InChI=1S/C67H127NO10/c1-4-7-10-13-16-19-22-25-26-27-28-29-30-31-32-33-34-37-40-43-46-49-52-55-62(72)78-65-64(74)63(73)61(56-69)77-67(65)76-57-58(59(70)53-50-47-44-41-38-35-23-20-17-14-11-8-5-2)68-66(75)60(71)54-51-48-45-42-39-36-24-21-18-15-12-9-6-3/h25-26,50,53,58-61,63-65,67,69-71,73-74H,4-24,27-49,51-52,54-57H2,1-3H3,(H,68,75)/b26-25+,53-50+. The molecule has 78 heavy (non-hydrogen) atoms. The third-order valence-corrected chi connectivity index (χ3v) is 16.1. The van der Waals surface area contributed by atoms with Crippen LogP contribution in [-0.4, -0.2) is 99.6 Å². The van der Waals surface area contributed by atoms with E-state index in [1.165, 1.54) is 225 Å². The number of ether oxygens (including phenoxy) is 3. The van der Waals surface area contributed by atoms with Gasteiger partial charge in [-0.2, -0.15) is 0 Å². The number of aliphatic hydroxyl groups is 5. The third kappa shape index (κ3) is 42.9. The zero-order chi connectivity index (χ0) is 56.8. The molecule has 0 aliphatic carbocycles. The number of allylic oxidation sites excluding steroid dienone is 3. The monoisotopic (exact) mass is 1110 g/mol. The first-order valence-corrected chi connectivity index (χ1v) is 33.6. The Morgan fingerprint density at radius 1 is 0.487 bits per heavy atom. The van der Waals surface area contributed by atoms with Gasteiger partial charge in [0.1, 0.15) is 24.4 Å². The van der Waals surface area contributed by atoms with Crippen LogP contribution in [-0.2, 0) is 23.8 Å². The quantitative estimate of drug-likeness (QED) is 0.0195. The minimum atomic E-state index is -1.61. The maximum atomic E-state index is 13.4. The van der Waals surface area contributed by atoms with E-state index in [0.29, 0.717) is 19.3 Å². The van der Waals surface area contributed by atoms with E-state index in [-0.39, 0.29) is 13.0 Å². The van der Waals surface area contributed by atoms with Crippen LogP contribution in [0.25, 0.3) is 0 Å². The van der Waals surface area contributed by atoms with Gasteiger partial charge in [-0.1, -0.05) is 295 Å². The molecule has 0 aromatic heterocycles. The molecule has 1 heterocycles. The third-order valence-electron chi connectivity index (χ3n) is 16.1. The Hall–Kier alpha value is -1.86. The Kier molecular flexibility index (Phi) is 52.9. The molecule has 8 atom stereocenters. The molecule has 11 nitrogen and oxygen atoms in total. The van der Waals surface area contributed by atoms with Gasteiger partial charge in [-0.15, -0.1) is 0 Å². The molecule has 1 aliphatic heterocycles. The van der Waals surface area contributed by atoms with Crippen LogP contribution in [0.4, 0.5) is 0 Å². The Labute approximate surface area is 480 Å². The molecule has 0 aromatic carbocycles. The molecule has 460 valence electrons. The number of carbonyl (C=O) groups is 2. The number of amides is 1. The average Bonchev–Trinajstić information content (AvgIpc) is 3.44. The first-order chi connectivity index (χ1) is 38.2. The molecular weight excluding hydrogens is 979 g/mol. The lowest BCUT2D eigenvalue weighted by Crippen LogP contribution is -2.61. The van der Waals surface area contributed by atoms with Crippen LogP contribution in [0.5, 0.6) is 0 Å². The summed E-state index contributed by atoms with van der Waals surface area (Å²) in [4.78, 5) is 26.6. The van der Waals surface area contributed by atoms with Crippen molar-refractivity contribution >= 4 is 11.9 Å². The number of hydrogen-bond acceptors (Lipinski definition) is 10. The molecule has 1 fully saturated rings. The van der Waals surface area contributed by atoms with Gasteiger partial charge in [0.05, 0.1) is 25.4 Å². The van der Waals surface area contributed by atoms with E-state index < -0.39 is 67.4 Å². The van der Waals surface area contributed by atoms with Crippen LogP contribution < -0.4 is 5.32 Å². The molecule has 0 radical (unpaired) electrons. The molecule has 11 heteroatoms. The summed E-state index contributed by atoms with van der Waals surface area (Å²) in [6.45, 7) is 5.83. The van der Waals surface area contributed by atoms with Crippen molar-refractivity contribution in [3.63, 3.8) is 0 Å². The van der Waals surface area contributed by atoms with Crippen LogP contribution in [0.15, 0.2) is 24.3 Å². The SMILES string of the molecule is CCCCCCCC/C=C/CCCCCCCCCCCCCCCC(=O)OC1C(OCC(NC(=O)C(O)CCCCCCCCCCCCCCC)C(O)/C=C/CCCCCCCCCCCCC)OC(CO)C(O)C1O. The molecule has 0 saturated carbocycles. The van der Waals surface area contributed by atoms with E-state index in [4.69, 9.17) is 14.2 Å². The minimum absolute atomic E-state index is 0.128. The molecular formula is C67H127NO10. The highest BCUT2D eigenvalue weighted by Crippen LogP contribution is 2.26. The fraction of sp³-hybridized carbons (Fsp3) is 0.910. The van der Waals surface area contributed by atoms with Gasteiger partial charge in [0.2, 0.25) is 5.91 Å². The number of rotatable bonds is 58. The van der Waals surface area contributed by atoms with Crippen LogP contribution in [0.3, 0.4) is 0 Å². The maximum Gasteiger partial charge on any atom is 0.306 e. The van der Waals surface area contributed by atoms with Crippen LogP contribution in [0.1, 0.15) is 329 Å². The predicted molar refractivity (Wildman–Crippen MR) is 324 cm³/mol. The molecule has 8 unspecified atom stereocenters. The second-order valence-electron chi connectivity index (χ2n) is 23.6. The second-order valence-corrected chi connectivity index (χ2v) is 23.6. The average molecular weight is 1110 g/mol. The largest absolute Gasteiger partial charge is 0.454 e. The lowest BCUT2D eigenvalue weighted by Gasteiger charge is -2.41. The smallest absolute Gasteiger partial charge is 0.306 e. The lowest BCUT2D eigenvalue weighted by atomic mass is 9.99. The van der Waals surface area contributed by atoms with E-state index in [2.05, 4.69) is 38.2 Å². The Balaban J connectivity index is 2.59. The highest BCUT2D eigenvalue weighted by molar-refractivity contribution is 5.80. The van der Waals surface area contributed by atoms with Gasteiger partial charge in [-0.3, -0.25) is 9.59 Å². The van der Waals surface area contributed by atoms with Gasteiger partial charge in [0, 0.05) is 6.42 Å². The molecule has 1 saturated heterocycles. The van der Waals surface area contributed by atoms with Crippen LogP contribution >= 0.6 is 0 Å². The first kappa shape index (κ1) is 74.2. The number of hydrogen-bond donors (Lipinski definition) is 6. The molecule has 0 spiro atoms. The fourth-order valence-electron chi connectivity index (χ4n) is 10.8. The predicted octanol–water partition coefficient (Wildman–Crippen LogP) is 16.5. The molecule has 1 amide bonds. The summed E-state index contributed by atoms with van der Waals surface area (Å²) in [5, 5.41) is 57.1. The summed E-state index contributed by atoms with van der Waals surface area (Å²) in [6, 6.07) is -1.02. The zero-order valence-electron chi connectivity index (χ0n) is 51.1. The van der Waals surface area contributed by atoms with E-state index in [9.17, 15) is 35.1 Å². The lowest BCUT2D eigenvalue weighted by molar-refractivity contribution is -0.305. The van der Waals surface area contributed by atoms with Gasteiger partial charge < -0.3 is 45.1 Å². The van der Waals surface area contributed by atoms with Crippen LogP contribution in [0, 0.1) is 0 Å². The maximum absolute atomic E-state index is 13.4. The van der Waals surface area contributed by atoms with Crippen molar-refractivity contribution in [2.24, 2.45) is 0 Å². The van der Waals surface area contributed by atoms with E-state index >= 15 is 0 Å². The number of nitrogens with one attached hydrogen (secondary N) is 1. The van der Waals surface area contributed by atoms with Crippen LogP contribution in [0.2, 0.25) is 0 Å². The summed E-state index contributed by atoms with van der Waals surface area (Å²) in [5.74, 6) is -1.18. The zero-order valence-corrected chi connectivity index (χ0v) is 51.1. The number of carbonyl (C=O) groups excluding carboxylic acids is 2. The Bertz CT molecular complexity index is 1360. The molecule has 1 aliphatic rings. The summed E-state index contributed by atoms with van der Waals surface area (Å²) in [7, 11) is 0. The van der Waals surface area contributed by atoms with Crippen molar-refractivity contribution in [2.45, 2.75) is 378 Å². The van der Waals surface area contributed by atoms with Gasteiger partial charge in [-0.25, -0.2) is 0 Å². The molecule has 1 rings (SSSR count). The highest BCUT2D eigenvalue weighted by atomic mass is 16.7. The molecule has 0 bridgehead atoms. The topological polar surface area (TPSA) is 175 Å². The molecule has 0 aromatic rings. The molecule has 6 N–H and O–H groups in total. The summed E-state index contributed by atoms with van der Waals surface area (Å²) >= 11 is 0. The fourth-order valence-corrected chi connectivity index (χ4v) is 10.8. The second kappa shape index (κ2) is 55.7. The van der Waals surface area contributed by atoms with Crippen molar-refractivity contribution in [1.29, 1.82) is 0 Å². The van der Waals surface area contributed by atoms with Gasteiger partial charge in [0.25, 0.3) is 0 Å². The van der Waals surface area contributed by atoms with E-state index in [1.54, 1.807) is 6.08 Å².